The van der Waals surface area contributed by atoms with Gasteiger partial charge in [0.25, 0.3) is 5.56 Å². The third kappa shape index (κ3) is 6.63. The summed E-state index contributed by atoms with van der Waals surface area (Å²) in [6.07, 6.45) is -3.25. The number of anilines is 1. The number of nitrogens with one attached hydrogen (secondary N) is 1. The molecule has 35 heavy (non-hydrogen) atoms. The van der Waals surface area contributed by atoms with E-state index in [0.717, 1.165) is 4.57 Å². The number of aliphatic hydroxyl groups is 1. The van der Waals surface area contributed by atoms with E-state index in [9.17, 15) is 33.3 Å². The molecule has 1 aromatic heterocycles. The number of halogens is 1. The van der Waals surface area contributed by atoms with Crippen LogP contribution in [0.25, 0.3) is 0 Å². The zero-order valence-corrected chi connectivity index (χ0v) is 19.7. The molecule has 2 heterocycles. The number of carbonyl (C=O) groups is 1. The topological polar surface area (TPSA) is 170 Å². The first-order chi connectivity index (χ1) is 16.5. The standard InChI is InChI=1S/C20H25FN3O10P/c1-3-31-24(13-7-5-4-6-8-13)12(2)19(27)34-35(29,30)32-11-16-15(25)9-17(33-16)23-10-14(21)18(26)22-20(23)28/h4-8,10,12,15-17,25H,3,9,11H2,1-2H3,(H,29,30)(H,22,26,28)/t12-,15-,16+,17+/m0/s1. The lowest BCUT2D eigenvalue weighted by Crippen LogP contribution is -2.40. The number of para-hydroxylation sites is 1. The predicted octanol–water partition coefficient (Wildman–Crippen LogP) is 0.831. The van der Waals surface area contributed by atoms with E-state index in [1.54, 1.807) is 42.2 Å². The summed E-state index contributed by atoms with van der Waals surface area (Å²) < 4.78 is 41.5. The zero-order chi connectivity index (χ0) is 25.8. The quantitative estimate of drug-likeness (QED) is 0.301. The number of carbonyl (C=O) groups excluding carboxylic acids is 1. The highest BCUT2D eigenvalue weighted by Crippen LogP contribution is 2.45. The molecule has 5 atom stereocenters. The summed E-state index contributed by atoms with van der Waals surface area (Å²) >= 11 is 0. The Labute approximate surface area is 198 Å². The van der Waals surface area contributed by atoms with Crippen molar-refractivity contribution in [3.63, 3.8) is 0 Å². The average molecular weight is 517 g/mol. The molecular formula is C20H25FN3O10P. The lowest BCUT2D eigenvalue weighted by molar-refractivity contribution is -0.139. The molecule has 1 fully saturated rings. The van der Waals surface area contributed by atoms with Gasteiger partial charge >= 0.3 is 19.5 Å². The minimum Gasteiger partial charge on any atom is -0.390 e. The van der Waals surface area contributed by atoms with Gasteiger partial charge in [0.15, 0.2) is 6.04 Å². The molecule has 13 nitrogen and oxygen atoms in total. The van der Waals surface area contributed by atoms with E-state index < -0.39 is 61.9 Å². The number of benzene rings is 1. The molecule has 1 aromatic carbocycles. The molecule has 0 amide bonds. The van der Waals surface area contributed by atoms with Crippen LogP contribution in [-0.4, -0.2) is 57.0 Å². The number of hydrogen-bond acceptors (Lipinski definition) is 10. The smallest absolute Gasteiger partial charge is 0.390 e. The Hall–Kier alpha value is -2.87. The van der Waals surface area contributed by atoms with E-state index in [1.165, 1.54) is 12.0 Å². The Morgan fingerprint density at radius 3 is 2.71 bits per heavy atom. The molecule has 1 aliphatic rings. The van der Waals surface area contributed by atoms with Gasteiger partial charge in [-0.05, 0) is 26.0 Å². The minimum absolute atomic E-state index is 0.202. The molecule has 3 N–H and O–H groups in total. The van der Waals surface area contributed by atoms with Crippen LogP contribution in [0.15, 0.2) is 46.1 Å². The average Bonchev–Trinajstić information content (AvgIpc) is 3.18. The van der Waals surface area contributed by atoms with Gasteiger partial charge in [-0.1, -0.05) is 18.2 Å². The first-order valence-corrected chi connectivity index (χ1v) is 12.0. The molecular weight excluding hydrogens is 492 g/mol. The van der Waals surface area contributed by atoms with Gasteiger partial charge in [0, 0.05) is 6.42 Å². The molecule has 1 unspecified atom stereocenters. The first-order valence-electron chi connectivity index (χ1n) is 10.5. The second-order valence-corrected chi connectivity index (χ2v) is 8.88. The highest BCUT2D eigenvalue weighted by atomic mass is 31.2. The third-order valence-electron chi connectivity index (χ3n) is 5.02. The Morgan fingerprint density at radius 1 is 1.37 bits per heavy atom. The molecule has 0 spiro atoms. The van der Waals surface area contributed by atoms with Crippen molar-refractivity contribution in [2.45, 2.75) is 44.7 Å². The van der Waals surface area contributed by atoms with E-state index in [4.69, 9.17) is 14.1 Å². The number of nitrogens with zero attached hydrogens (tertiary/aromatic N) is 2. The molecule has 0 bridgehead atoms. The van der Waals surface area contributed by atoms with Crippen LogP contribution in [0.2, 0.25) is 0 Å². The van der Waals surface area contributed by atoms with E-state index in [-0.39, 0.29) is 13.0 Å². The van der Waals surface area contributed by atoms with Crippen LogP contribution < -0.4 is 16.3 Å². The third-order valence-corrected chi connectivity index (χ3v) is 5.90. The Morgan fingerprint density at radius 2 is 2.06 bits per heavy atom. The Bertz CT molecular complexity index is 1190. The highest BCUT2D eigenvalue weighted by Gasteiger charge is 2.39. The van der Waals surface area contributed by atoms with Gasteiger partial charge in [-0.3, -0.25) is 28.6 Å². The summed E-state index contributed by atoms with van der Waals surface area (Å²) in [5.74, 6) is -2.35. The second-order valence-electron chi connectivity index (χ2n) is 7.51. The van der Waals surface area contributed by atoms with Crippen molar-refractivity contribution in [1.29, 1.82) is 0 Å². The number of hydrogen-bond donors (Lipinski definition) is 3. The molecule has 0 aliphatic carbocycles. The number of phosphoric acid groups is 1. The molecule has 0 radical (unpaired) electrons. The van der Waals surface area contributed by atoms with Crippen molar-refractivity contribution in [3.05, 3.63) is 63.2 Å². The lowest BCUT2D eigenvalue weighted by atomic mass is 10.2. The van der Waals surface area contributed by atoms with Crippen LogP contribution in [0.3, 0.4) is 0 Å². The molecule has 3 rings (SSSR count). The van der Waals surface area contributed by atoms with Gasteiger partial charge in [0.05, 0.1) is 31.2 Å². The summed E-state index contributed by atoms with van der Waals surface area (Å²) in [5.41, 5.74) is -1.67. The normalized spacial score (nSPS) is 22.4. The number of aromatic amines is 1. The number of ether oxygens (including phenoxy) is 1. The van der Waals surface area contributed by atoms with Crippen LogP contribution in [0.4, 0.5) is 10.1 Å². The number of aromatic nitrogens is 2. The molecule has 15 heteroatoms. The van der Waals surface area contributed by atoms with Crippen molar-refractivity contribution in [3.8, 4) is 0 Å². The van der Waals surface area contributed by atoms with Gasteiger partial charge in [-0.25, -0.2) is 19.2 Å². The summed E-state index contributed by atoms with van der Waals surface area (Å²) in [4.78, 5) is 52.8. The monoisotopic (exact) mass is 517 g/mol. The predicted molar refractivity (Wildman–Crippen MR) is 118 cm³/mol. The summed E-state index contributed by atoms with van der Waals surface area (Å²) in [6.45, 7) is 2.62. The molecule has 1 aliphatic heterocycles. The maximum atomic E-state index is 13.5. The van der Waals surface area contributed by atoms with Crippen molar-refractivity contribution >= 4 is 19.5 Å². The fourth-order valence-electron chi connectivity index (χ4n) is 3.31. The van der Waals surface area contributed by atoms with Crippen LogP contribution >= 0.6 is 7.82 Å². The maximum Gasteiger partial charge on any atom is 0.529 e. The largest absolute Gasteiger partial charge is 0.529 e. The summed E-state index contributed by atoms with van der Waals surface area (Å²) in [6, 6.07) is 7.42. The molecule has 2 aromatic rings. The van der Waals surface area contributed by atoms with Crippen molar-refractivity contribution in [2.24, 2.45) is 0 Å². The number of rotatable bonds is 10. The number of aliphatic hydroxyl groups excluding tert-OH is 1. The number of H-pyrrole nitrogens is 1. The first kappa shape index (κ1) is 26.7. The summed E-state index contributed by atoms with van der Waals surface area (Å²) in [7, 11) is -4.95. The van der Waals surface area contributed by atoms with E-state index in [1.807, 2.05) is 0 Å². The second kappa shape index (κ2) is 11.2. The molecule has 192 valence electrons. The Balaban J connectivity index is 1.60. The lowest BCUT2D eigenvalue weighted by Gasteiger charge is -2.28. The fraction of sp³-hybridized carbons (Fsp3) is 0.450. The van der Waals surface area contributed by atoms with Crippen molar-refractivity contribution in [2.75, 3.05) is 18.3 Å². The Kier molecular flexibility index (Phi) is 8.59. The molecule has 0 saturated carbocycles. The SMILES string of the molecule is CCON(c1ccccc1)[C@@H](C)C(=O)OP(=O)(O)OC[C@H]1O[C@@H](n2cc(F)c(=O)[nH]c2=O)C[C@@H]1O. The highest BCUT2D eigenvalue weighted by molar-refractivity contribution is 7.48. The van der Waals surface area contributed by atoms with Gasteiger partial charge in [-0.15, -0.1) is 0 Å². The van der Waals surface area contributed by atoms with Crippen LogP contribution in [-0.2, 0) is 28.0 Å². The van der Waals surface area contributed by atoms with Crippen LogP contribution in [0.5, 0.6) is 0 Å². The van der Waals surface area contributed by atoms with Gasteiger partial charge < -0.3 is 14.4 Å². The van der Waals surface area contributed by atoms with E-state index in [0.29, 0.717) is 11.9 Å². The molecule has 1 saturated heterocycles. The van der Waals surface area contributed by atoms with Crippen LogP contribution in [0, 0.1) is 5.82 Å². The van der Waals surface area contributed by atoms with Gasteiger partial charge in [0.2, 0.25) is 5.82 Å². The van der Waals surface area contributed by atoms with Crippen molar-refractivity contribution < 1.29 is 42.4 Å². The van der Waals surface area contributed by atoms with Gasteiger partial charge in [0.1, 0.15) is 12.3 Å². The fourth-order valence-corrected chi connectivity index (χ4v) is 4.08. The van der Waals surface area contributed by atoms with Crippen molar-refractivity contribution in [1.82, 2.24) is 9.55 Å². The zero-order valence-electron chi connectivity index (χ0n) is 18.8. The number of phosphoric ester groups is 1. The minimum atomic E-state index is -4.95. The number of hydroxylamine groups is 1. The summed E-state index contributed by atoms with van der Waals surface area (Å²) in [5, 5.41) is 11.4. The van der Waals surface area contributed by atoms with E-state index in [2.05, 4.69) is 4.52 Å². The van der Waals surface area contributed by atoms with Gasteiger partial charge in [-0.2, -0.15) is 4.39 Å². The van der Waals surface area contributed by atoms with E-state index >= 15 is 0 Å². The maximum absolute atomic E-state index is 13.5. The van der Waals surface area contributed by atoms with Crippen LogP contribution in [0.1, 0.15) is 26.5 Å².